The number of hydrazine groups is 1. The van der Waals surface area contributed by atoms with Crippen molar-refractivity contribution >= 4 is 0 Å². The molecule has 3 nitrogen and oxygen atoms in total. The van der Waals surface area contributed by atoms with Gasteiger partial charge in [-0.25, -0.2) is 5.43 Å². The van der Waals surface area contributed by atoms with Gasteiger partial charge in [-0.15, -0.1) is 0 Å². The number of pyridine rings is 1. The van der Waals surface area contributed by atoms with Crippen LogP contribution in [0.3, 0.4) is 0 Å². The van der Waals surface area contributed by atoms with Crippen molar-refractivity contribution in [3.8, 4) is 0 Å². The Labute approximate surface area is 73.4 Å². The van der Waals surface area contributed by atoms with E-state index in [9.17, 15) is 0 Å². The molecule has 0 amide bonds. The Morgan fingerprint density at radius 3 is 2.67 bits per heavy atom. The predicted octanol–water partition coefficient (Wildman–Crippen LogP) is 0.956. The van der Waals surface area contributed by atoms with Gasteiger partial charge in [-0.2, -0.15) is 0 Å². The number of hydrogen-bond acceptors (Lipinski definition) is 3. The minimum atomic E-state index is 0.785. The third-order valence-electron chi connectivity index (χ3n) is 1.55. The molecule has 0 saturated carbocycles. The molecule has 0 aliphatic rings. The van der Waals surface area contributed by atoms with E-state index in [1.165, 1.54) is 5.56 Å². The summed E-state index contributed by atoms with van der Waals surface area (Å²) in [6, 6.07) is 4.10. The zero-order valence-electron chi connectivity index (χ0n) is 7.83. The lowest BCUT2D eigenvalue weighted by atomic mass is 10.3. The average molecular weight is 165 g/mol. The van der Waals surface area contributed by atoms with Gasteiger partial charge in [-0.1, -0.05) is 6.07 Å². The van der Waals surface area contributed by atoms with Gasteiger partial charge >= 0.3 is 0 Å². The summed E-state index contributed by atoms with van der Waals surface area (Å²) >= 11 is 0. The van der Waals surface area contributed by atoms with Crippen molar-refractivity contribution in [3.63, 3.8) is 0 Å². The van der Waals surface area contributed by atoms with E-state index >= 15 is 0 Å². The standard InChI is InChI=1S/C9H15N3/c1-8-4-5-9(10-6-8)7-11-12(2)3/h4-6,11H,7H2,1-3H3. The number of nitrogens with one attached hydrogen (secondary N) is 1. The van der Waals surface area contributed by atoms with Gasteiger partial charge in [0.25, 0.3) is 0 Å². The predicted molar refractivity (Wildman–Crippen MR) is 49.5 cm³/mol. The molecule has 0 atom stereocenters. The number of aryl methyl sites for hydroxylation is 1. The molecule has 0 unspecified atom stereocenters. The van der Waals surface area contributed by atoms with E-state index < -0.39 is 0 Å². The topological polar surface area (TPSA) is 28.2 Å². The Bertz CT molecular complexity index is 228. The van der Waals surface area contributed by atoms with Gasteiger partial charge in [0.2, 0.25) is 0 Å². The molecule has 1 N–H and O–H groups in total. The van der Waals surface area contributed by atoms with E-state index in [1.807, 2.05) is 38.3 Å². The number of hydrogen-bond donors (Lipinski definition) is 1. The van der Waals surface area contributed by atoms with Gasteiger partial charge in [-0.05, 0) is 18.6 Å². The summed E-state index contributed by atoms with van der Waals surface area (Å²) in [6.45, 7) is 2.82. The molecule has 0 radical (unpaired) electrons. The highest BCUT2D eigenvalue weighted by atomic mass is 15.5. The van der Waals surface area contributed by atoms with Crippen molar-refractivity contribution in [1.29, 1.82) is 0 Å². The summed E-state index contributed by atoms with van der Waals surface area (Å²) in [6.07, 6.45) is 1.88. The van der Waals surface area contributed by atoms with Crippen LogP contribution in [0.2, 0.25) is 0 Å². The highest BCUT2D eigenvalue weighted by Gasteiger charge is 1.93. The Hall–Kier alpha value is -0.930. The normalized spacial score (nSPS) is 10.7. The first-order valence-electron chi connectivity index (χ1n) is 4.01. The molecule has 1 aromatic heterocycles. The first-order chi connectivity index (χ1) is 5.68. The second kappa shape index (κ2) is 4.18. The highest BCUT2D eigenvalue weighted by Crippen LogP contribution is 1.97. The van der Waals surface area contributed by atoms with Gasteiger partial charge in [0.15, 0.2) is 0 Å². The summed E-state index contributed by atoms with van der Waals surface area (Å²) in [7, 11) is 3.93. The molecule has 1 heterocycles. The second-order valence-corrected chi connectivity index (χ2v) is 3.06. The lowest BCUT2D eigenvalue weighted by molar-refractivity contribution is 0.284. The maximum Gasteiger partial charge on any atom is 0.0556 e. The molecule has 0 saturated heterocycles. The molecule has 0 spiro atoms. The van der Waals surface area contributed by atoms with Crippen molar-refractivity contribution in [1.82, 2.24) is 15.4 Å². The van der Waals surface area contributed by atoms with Crippen molar-refractivity contribution in [2.24, 2.45) is 0 Å². The molecular formula is C9H15N3. The van der Waals surface area contributed by atoms with Crippen LogP contribution in [0.15, 0.2) is 18.3 Å². The number of rotatable bonds is 3. The van der Waals surface area contributed by atoms with E-state index in [0.29, 0.717) is 0 Å². The van der Waals surface area contributed by atoms with Crippen LogP contribution >= 0.6 is 0 Å². The molecule has 66 valence electrons. The van der Waals surface area contributed by atoms with Crippen LogP contribution < -0.4 is 5.43 Å². The van der Waals surface area contributed by atoms with Crippen molar-refractivity contribution in [3.05, 3.63) is 29.6 Å². The fourth-order valence-electron chi connectivity index (χ4n) is 0.842. The Morgan fingerprint density at radius 1 is 1.42 bits per heavy atom. The molecule has 0 fully saturated rings. The summed E-state index contributed by atoms with van der Waals surface area (Å²) < 4.78 is 0. The Balaban J connectivity index is 2.48. The van der Waals surface area contributed by atoms with Crippen LogP contribution in [-0.4, -0.2) is 24.1 Å². The summed E-state index contributed by atoms with van der Waals surface area (Å²) in [5, 5.41) is 1.92. The molecule has 0 aliphatic carbocycles. The van der Waals surface area contributed by atoms with Crippen molar-refractivity contribution < 1.29 is 0 Å². The van der Waals surface area contributed by atoms with Gasteiger partial charge in [-0.3, -0.25) is 9.99 Å². The zero-order valence-corrected chi connectivity index (χ0v) is 7.83. The van der Waals surface area contributed by atoms with Gasteiger partial charge in [0, 0.05) is 20.3 Å². The minimum Gasteiger partial charge on any atom is -0.260 e. The molecule has 3 heteroatoms. The molecule has 12 heavy (non-hydrogen) atoms. The van der Waals surface area contributed by atoms with E-state index in [2.05, 4.69) is 16.5 Å². The smallest absolute Gasteiger partial charge is 0.0556 e. The van der Waals surface area contributed by atoms with Crippen LogP contribution in [0.25, 0.3) is 0 Å². The van der Waals surface area contributed by atoms with Crippen LogP contribution in [0.1, 0.15) is 11.3 Å². The molecule has 0 bridgehead atoms. The molecule has 1 aromatic rings. The Kier molecular flexibility index (Phi) is 3.19. The summed E-state index contributed by atoms with van der Waals surface area (Å²) in [5.74, 6) is 0. The maximum atomic E-state index is 4.26. The van der Waals surface area contributed by atoms with Crippen LogP contribution in [0, 0.1) is 6.92 Å². The van der Waals surface area contributed by atoms with Crippen LogP contribution in [0.5, 0.6) is 0 Å². The largest absolute Gasteiger partial charge is 0.260 e. The SMILES string of the molecule is Cc1ccc(CNN(C)C)nc1. The first kappa shape index (κ1) is 9.16. The van der Waals surface area contributed by atoms with Gasteiger partial charge in [0.1, 0.15) is 0 Å². The minimum absolute atomic E-state index is 0.785. The van der Waals surface area contributed by atoms with Gasteiger partial charge < -0.3 is 0 Å². The van der Waals surface area contributed by atoms with Gasteiger partial charge in [0.05, 0.1) is 12.2 Å². The molecule has 0 aliphatic heterocycles. The summed E-state index contributed by atoms with van der Waals surface area (Å²) in [5.41, 5.74) is 5.41. The zero-order chi connectivity index (χ0) is 8.97. The third-order valence-corrected chi connectivity index (χ3v) is 1.55. The lowest BCUT2D eigenvalue weighted by Crippen LogP contribution is -2.29. The van der Waals surface area contributed by atoms with Crippen LogP contribution in [-0.2, 0) is 6.54 Å². The maximum absolute atomic E-state index is 4.26. The third kappa shape index (κ3) is 2.98. The fourth-order valence-corrected chi connectivity index (χ4v) is 0.842. The monoisotopic (exact) mass is 165 g/mol. The van der Waals surface area contributed by atoms with E-state index in [4.69, 9.17) is 0 Å². The van der Waals surface area contributed by atoms with E-state index in [1.54, 1.807) is 0 Å². The van der Waals surface area contributed by atoms with Crippen molar-refractivity contribution in [2.45, 2.75) is 13.5 Å². The van der Waals surface area contributed by atoms with Crippen LogP contribution in [0.4, 0.5) is 0 Å². The molecule has 1 rings (SSSR count). The fraction of sp³-hybridized carbons (Fsp3) is 0.444. The quantitative estimate of drug-likeness (QED) is 0.676. The number of aromatic nitrogens is 1. The lowest BCUT2D eigenvalue weighted by Gasteiger charge is -2.10. The number of nitrogens with zero attached hydrogens (tertiary/aromatic N) is 2. The first-order valence-corrected chi connectivity index (χ1v) is 4.01. The van der Waals surface area contributed by atoms with E-state index in [0.717, 1.165) is 12.2 Å². The average Bonchev–Trinajstić information content (AvgIpc) is 2.03. The highest BCUT2D eigenvalue weighted by molar-refractivity contribution is 5.11. The molecule has 0 aromatic carbocycles. The van der Waals surface area contributed by atoms with Crippen molar-refractivity contribution in [2.75, 3.05) is 14.1 Å². The summed E-state index contributed by atoms with van der Waals surface area (Å²) in [4.78, 5) is 4.26. The second-order valence-electron chi connectivity index (χ2n) is 3.06. The molecular weight excluding hydrogens is 150 g/mol. The van der Waals surface area contributed by atoms with E-state index in [-0.39, 0.29) is 0 Å². The Morgan fingerprint density at radius 2 is 2.17 bits per heavy atom.